The molecule has 1 heterocycles. The van der Waals surface area contributed by atoms with Crippen molar-refractivity contribution in [2.24, 2.45) is 5.92 Å². The molecule has 0 N–H and O–H groups in total. The molecule has 0 saturated carbocycles. The van der Waals surface area contributed by atoms with Gasteiger partial charge in [-0.15, -0.1) is 0 Å². The molecule has 1 aliphatic heterocycles. The standard InChI is InChI=1S/C17H26N2O4S/c1-14-6-5-10-18(13-14)17(20)9-11-19(24(3,21)22)15-7-4-8-16(12-15)23-2/h4,7-8,12,14H,5-6,9-11,13H2,1-3H3. The van der Waals surface area contributed by atoms with Gasteiger partial charge in [0.1, 0.15) is 5.75 Å². The summed E-state index contributed by atoms with van der Waals surface area (Å²) in [7, 11) is -1.94. The number of hydrogen-bond donors (Lipinski definition) is 0. The molecule has 0 radical (unpaired) electrons. The highest BCUT2D eigenvalue weighted by molar-refractivity contribution is 7.92. The number of hydrogen-bond acceptors (Lipinski definition) is 4. The van der Waals surface area contributed by atoms with Gasteiger partial charge < -0.3 is 9.64 Å². The smallest absolute Gasteiger partial charge is 0.232 e. The summed E-state index contributed by atoms with van der Waals surface area (Å²) in [5.74, 6) is 1.10. The summed E-state index contributed by atoms with van der Waals surface area (Å²) >= 11 is 0. The van der Waals surface area contributed by atoms with Gasteiger partial charge in [-0.1, -0.05) is 13.0 Å². The zero-order valence-electron chi connectivity index (χ0n) is 14.6. The van der Waals surface area contributed by atoms with E-state index in [1.807, 2.05) is 4.90 Å². The number of methoxy groups -OCH3 is 1. The van der Waals surface area contributed by atoms with Crippen LogP contribution in [0.3, 0.4) is 0 Å². The lowest BCUT2D eigenvalue weighted by molar-refractivity contribution is -0.132. The average Bonchev–Trinajstić information content (AvgIpc) is 2.54. The van der Waals surface area contributed by atoms with E-state index in [0.717, 1.165) is 32.2 Å². The lowest BCUT2D eigenvalue weighted by atomic mass is 10.00. The van der Waals surface area contributed by atoms with E-state index < -0.39 is 10.0 Å². The van der Waals surface area contributed by atoms with Crippen LogP contribution in [0.2, 0.25) is 0 Å². The van der Waals surface area contributed by atoms with Gasteiger partial charge in [-0.2, -0.15) is 0 Å². The molecule has 24 heavy (non-hydrogen) atoms. The van der Waals surface area contributed by atoms with Crippen LogP contribution in [0.4, 0.5) is 5.69 Å². The lowest BCUT2D eigenvalue weighted by Gasteiger charge is -2.32. The molecule has 0 aliphatic carbocycles. The molecule has 0 aromatic heterocycles. The number of nitrogens with zero attached hydrogens (tertiary/aromatic N) is 2. The van der Waals surface area contributed by atoms with Gasteiger partial charge in [0.15, 0.2) is 0 Å². The minimum atomic E-state index is -3.47. The van der Waals surface area contributed by atoms with E-state index in [1.54, 1.807) is 24.3 Å². The van der Waals surface area contributed by atoms with Crippen molar-refractivity contribution in [1.82, 2.24) is 4.90 Å². The summed E-state index contributed by atoms with van der Waals surface area (Å²) in [5, 5.41) is 0. The largest absolute Gasteiger partial charge is 0.497 e. The van der Waals surface area contributed by atoms with Crippen LogP contribution < -0.4 is 9.04 Å². The van der Waals surface area contributed by atoms with Gasteiger partial charge in [0.05, 0.1) is 19.1 Å². The number of rotatable bonds is 6. The van der Waals surface area contributed by atoms with Gasteiger partial charge in [-0.3, -0.25) is 9.10 Å². The molecule has 1 aliphatic rings. The number of carbonyl (C=O) groups excluding carboxylic acids is 1. The zero-order valence-corrected chi connectivity index (χ0v) is 15.4. The molecule has 6 nitrogen and oxygen atoms in total. The number of likely N-dealkylation sites (tertiary alicyclic amines) is 1. The molecule has 1 amide bonds. The lowest BCUT2D eigenvalue weighted by Crippen LogP contribution is -2.41. The summed E-state index contributed by atoms with van der Waals surface area (Å²) in [4.78, 5) is 14.3. The topological polar surface area (TPSA) is 66.9 Å². The number of anilines is 1. The zero-order chi connectivity index (χ0) is 17.7. The maximum atomic E-state index is 12.4. The van der Waals surface area contributed by atoms with Crippen molar-refractivity contribution in [3.8, 4) is 5.75 Å². The first-order chi connectivity index (χ1) is 11.3. The number of carbonyl (C=O) groups is 1. The van der Waals surface area contributed by atoms with E-state index in [4.69, 9.17) is 4.74 Å². The molecular formula is C17H26N2O4S. The normalized spacial score (nSPS) is 18.3. The molecule has 0 spiro atoms. The third-order valence-electron chi connectivity index (χ3n) is 4.28. The van der Waals surface area contributed by atoms with E-state index in [1.165, 1.54) is 11.4 Å². The predicted octanol–water partition coefficient (Wildman–Crippen LogP) is 2.11. The minimum absolute atomic E-state index is 0.0121. The second kappa shape index (κ2) is 7.88. The molecule has 1 aromatic rings. The Hall–Kier alpha value is -1.76. The monoisotopic (exact) mass is 354 g/mol. The van der Waals surface area contributed by atoms with Crippen molar-refractivity contribution >= 4 is 21.6 Å². The van der Waals surface area contributed by atoms with Crippen molar-refractivity contribution < 1.29 is 17.9 Å². The maximum Gasteiger partial charge on any atom is 0.232 e. The second-order valence-electron chi connectivity index (χ2n) is 6.37. The predicted molar refractivity (Wildman–Crippen MR) is 94.8 cm³/mol. The van der Waals surface area contributed by atoms with Gasteiger partial charge in [0.25, 0.3) is 0 Å². The number of piperidine rings is 1. The minimum Gasteiger partial charge on any atom is -0.497 e. The van der Waals surface area contributed by atoms with Crippen LogP contribution in [0.25, 0.3) is 0 Å². The molecular weight excluding hydrogens is 328 g/mol. The van der Waals surface area contributed by atoms with Gasteiger partial charge in [0.2, 0.25) is 15.9 Å². The van der Waals surface area contributed by atoms with Crippen LogP contribution in [0.1, 0.15) is 26.2 Å². The summed E-state index contributed by atoms with van der Waals surface area (Å²) in [5.41, 5.74) is 0.511. The third kappa shape index (κ3) is 4.87. The van der Waals surface area contributed by atoms with Gasteiger partial charge in [-0.25, -0.2) is 8.42 Å². The summed E-state index contributed by atoms with van der Waals surface area (Å²) in [6, 6.07) is 6.86. The van der Waals surface area contributed by atoms with Crippen LogP contribution in [0.5, 0.6) is 5.75 Å². The van der Waals surface area contributed by atoms with Crippen molar-refractivity contribution in [3.63, 3.8) is 0 Å². The van der Waals surface area contributed by atoms with Gasteiger partial charge >= 0.3 is 0 Å². The fourth-order valence-electron chi connectivity index (χ4n) is 3.02. The number of benzene rings is 1. The third-order valence-corrected chi connectivity index (χ3v) is 5.47. The van der Waals surface area contributed by atoms with Gasteiger partial charge in [0, 0.05) is 32.1 Å². The fourth-order valence-corrected chi connectivity index (χ4v) is 3.94. The summed E-state index contributed by atoms with van der Waals surface area (Å²) < 4.78 is 30.7. The van der Waals surface area contributed by atoms with Crippen molar-refractivity contribution in [1.29, 1.82) is 0 Å². The SMILES string of the molecule is COc1cccc(N(CCC(=O)N2CCCC(C)C2)S(C)(=O)=O)c1. The molecule has 1 atom stereocenters. The van der Waals surface area contributed by atoms with Crippen LogP contribution in [-0.2, 0) is 14.8 Å². The summed E-state index contributed by atoms with van der Waals surface area (Å²) in [6.07, 6.45) is 3.48. The molecule has 1 unspecified atom stereocenters. The Kier molecular flexibility index (Phi) is 6.10. The maximum absolute atomic E-state index is 12.4. The first-order valence-electron chi connectivity index (χ1n) is 8.21. The highest BCUT2D eigenvalue weighted by atomic mass is 32.2. The van der Waals surface area contributed by atoms with Crippen LogP contribution in [0.15, 0.2) is 24.3 Å². The Labute approximate surface area is 144 Å². The van der Waals surface area contributed by atoms with Crippen molar-refractivity contribution in [2.75, 3.05) is 37.3 Å². The Bertz CT molecular complexity index is 675. The molecule has 1 fully saturated rings. The average molecular weight is 354 g/mol. The Morgan fingerprint density at radius 2 is 2.17 bits per heavy atom. The number of sulfonamides is 1. The number of amides is 1. The Balaban J connectivity index is 2.08. The van der Waals surface area contributed by atoms with E-state index in [-0.39, 0.29) is 18.9 Å². The van der Waals surface area contributed by atoms with Gasteiger partial charge in [-0.05, 0) is 30.9 Å². The Morgan fingerprint density at radius 1 is 1.42 bits per heavy atom. The highest BCUT2D eigenvalue weighted by Gasteiger charge is 2.24. The van der Waals surface area contributed by atoms with Crippen LogP contribution in [0, 0.1) is 5.92 Å². The summed E-state index contributed by atoms with van der Waals surface area (Å²) in [6.45, 7) is 3.80. The van der Waals surface area contributed by atoms with Crippen molar-refractivity contribution in [3.05, 3.63) is 24.3 Å². The molecule has 1 aromatic carbocycles. The molecule has 1 saturated heterocycles. The second-order valence-corrected chi connectivity index (χ2v) is 8.28. The van der Waals surface area contributed by atoms with E-state index in [0.29, 0.717) is 17.4 Å². The van der Waals surface area contributed by atoms with E-state index in [9.17, 15) is 13.2 Å². The van der Waals surface area contributed by atoms with Crippen LogP contribution in [-0.4, -0.2) is 52.2 Å². The quantitative estimate of drug-likeness (QED) is 0.785. The van der Waals surface area contributed by atoms with E-state index >= 15 is 0 Å². The van der Waals surface area contributed by atoms with Crippen molar-refractivity contribution in [2.45, 2.75) is 26.2 Å². The Morgan fingerprint density at radius 3 is 2.79 bits per heavy atom. The highest BCUT2D eigenvalue weighted by Crippen LogP contribution is 2.24. The van der Waals surface area contributed by atoms with Crippen LogP contribution >= 0.6 is 0 Å². The van der Waals surface area contributed by atoms with E-state index in [2.05, 4.69) is 6.92 Å². The fraction of sp³-hybridized carbons (Fsp3) is 0.588. The molecule has 7 heteroatoms. The first-order valence-corrected chi connectivity index (χ1v) is 10.1. The molecule has 0 bridgehead atoms. The molecule has 134 valence electrons. The first kappa shape index (κ1) is 18.6. The molecule has 2 rings (SSSR count). The number of ether oxygens (including phenoxy) is 1.